The standard InChI is InChI=1S/C5H11N2O/c1-3-7(2)4-5(6)8/h1,3-4H2,2H3,(H2,6,8). The SMILES string of the molecule is [CH2]CN(C)CC(N)=O. The van der Waals surface area contributed by atoms with Crippen LogP contribution in [-0.4, -0.2) is 30.9 Å². The van der Waals surface area contributed by atoms with Crippen LogP contribution in [0.1, 0.15) is 0 Å². The van der Waals surface area contributed by atoms with E-state index in [1.54, 1.807) is 11.9 Å². The van der Waals surface area contributed by atoms with Crippen molar-refractivity contribution < 1.29 is 4.79 Å². The molecule has 2 N–H and O–H groups in total. The van der Waals surface area contributed by atoms with E-state index in [4.69, 9.17) is 5.73 Å². The van der Waals surface area contributed by atoms with Crippen molar-refractivity contribution in [3.8, 4) is 0 Å². The molecule has 0 unspecified atom stereocenters. The van der Waals surface area contributed by atoms with Gasteiger partial charge in [-0.1, -0.05) is 0 Å². The highest BCUT2D eigenvalue weighted by Gasteiger charge is 1.96. The zero-order valence-corrected chi connectivity index (χ0v) is 5.05. The van der Waals surface area contributed by atoms with E-state index in [0.717, 1.165) is 0 Å². The van der Waals surface area contributed by atoms with Crippen LogP contribution in [0.25, 0.3) is 0 Å². The maximum atomic E-state index is 10.1. The molecule has 8 heavy (non-hydrogen) atoms. The third-order valence-corrected chi connectivity index (χ3v) is 0.807. The molecule has 0 aromatic carbocycles. The molecule has 0 aliphatic carbocycles. The van der Waals surface area contributed by atoms with Gasteiger partial charge in [-0.25, -0.2) is 0 Å². The van der Waals surface area contributed by atoms with Crippen LogP contribution in [0.3, 0.4) is 0 Å². The highest BCUT2D eigenvalue weighted by atomic mass is 16.1. The van der Waals surface area contributed by atoms with Gasteiger partial charge in [-0.15, -0.1) is 0 Å². The van der Waals surface area contributed by atoms with Crippen LogP contribution in [0.2, 0.25) is 0 Å². The molecule has 0 atom stereocenters. The van der Waals surface area contributed by atoms with Crippen molar-refractivity contribution in [2.24, 2.45) is 5.73 Å². The van der Waals surface area contributed by atoms with Crippen LogP contribution in [-0.2, 0) is 4.79 Å². The van der Waals surface area contributed by atoms with Crippen molar-refractivity contribution in [1.29, 1.82) is 0 Å². The number of rotatable bonds is 3. The van der Waals surface area contributed by atoms with Gasteiger partial charge in [0.15, 0.2) is 0 Å². The smallest absolute Gasteiger partial charge is 0.231 e. The van der Waals surface area contributed by atoms with Gasteiger partial charge in [0.1, 0.15) is 0 Å². The number of hydrogen-bond donors (Lipinski definition) is 1. The Kier molecular flexibility index (Phi) is 3.19. The molecular formula is C5H11N2O. The van der Waals surface area contributed by atoms with E-state index in [9.17, 15) is 4.79 Å². The molecule has 47 valence electrons. The fraction of sp³-hybridized carbons (Fsp3) is 0.600. The summed E-state index contributed by atoms with van der Waals surface area (Å²) in [6.07, 6.45) is 0. The summed E-state index contributed by atoms with van der Waals surface area (Å²) in [4.78, 5) is 11.9. The first-order valence-corrected chi connectivity index (χ1v) is 2.43. The topological polar surface area (TPSA) is 46.3 Å². The summed E-state index contributed by atoms with van der Waals surface area (Å²) in [6.45, 7) is 4.47. The molecule has 0 aliphatic rings. The van der Waals surface area contributed by atoms with Gasteiger partial charge in [-0.05, 0) is 20.5 Å². The molecule has 0 aromatic rings. The van der Waals surface area contributed by atoms with Gasteiger partial charge in [0, 0.05) is 0 Å². The van der Waals surface area contributed by atoms with Gasteiger partial charge in [0.25, 0.3) is 0 Å². The lowest BCUT2D eigenvalue weighted by molar-refractivity contribution is -0.118. The summed E-state index contributed by atoms with van der Waals surface area (Å²) in [6, 6.07) is 0. The molecule has 0 saturated heterocycles. The first-order chi connectivity index (χ1) is 3.66. The monoisotopic (exact) mass is 115 g/mol. The Morgan fingerprint density at radius 3 is 2.50 bits per heavy atom. The van der Waals surface area contributed by atoms with Crippen LogP contribution in [0.5, 0.6) is 0 Å². The molecule has 1 radical (unpaired) electrons. The van der Waals surface area contributed by atoms with Gasteiger partial charge >= 0.3 is 0 Å². The van der Waals surface area contributed by atoms with Crippen molar-refractivity contribution in [3.05, 3.63) is 6.92 Å². The molecular weight excluding hydrogens is 104 g/mol. The van der Waals surface area contributed by atoms with Crippen molar-refractivity contribution in [2.45, 2.75) is 0 Å². The lowest BCUT2D eigenvalue weighted by Crippen LogP contribution is -2.30. The molecule has 0 heterocycles. The number of carbonyl (C=O) groups excluding carboxylic acids is 1. The molecule has 3 nitrogen and oxygen atoms in total. The van der Waals surface area contributed by atoms with E-state index in [-0.39, 0.29) is 5.91 Å². The molecule has 0 aliphatic heterocycles. The molecule has 0 saturated carbocycles. The fourth-order valence-electron chi connectivity index (χ4n) is 0.345. The minimum Gasteiger partial charge on any atom is -0.369 e. The first kappa shape index (κ1) is 7.43. The number of nitrogens with two attached hydrogens (primary N) is 1. The zero-order chi connectivity index (χ0) is 6.57. The second kappa shape index (κ2) is 3.43. The molecule has 0 spiro atoms. The number of likely N-dealkylation sites (N-methyl/N-ethyl adjacent to an activating group) is 1. The van der Waals surface area contributed by atoms with Crippen LogP contribution < -0.4 is 5.73 Å². The van der Waals surface area contributed by atoms with Crippen molar-refractivity contribution in [3.63, 3.8) is 0 Å². The predicted octanol–water partition coefficient (Wildman–Crippen LogP) is -0.762. The normalized spacial score (nSPS) is 9.88. The predicted molar refractivity (Wildman–Crippen MR) is 32.0 cm³/mol. The van der Waals surface area contributed by atoms with Gasteiger partial charge < -0.3 is 5.73 Å². The third kappa shape index (κ3) is 3.61. The molecule has 3 heteroatoms. The lowest BCUT2D eigenvalue weighted by Gasteiger charge is -2.08. The number of nitrogens with zero attached hydrogens (tertiary/aromatic N) is 1. The molecule has 0 fully saturated rings. The molecule has 1 amide bonds. The fourth-order valence-corrected chi connectivity index (χ4v) is 0.345. The summed E-state index contributed by atoms with van der Waals surface area (Å²) >= 11 is 0. The van der Waals surface area contributed by atoms with Crippen LogP contribution in [0.15, 0.2) is 0 Å². The summed E-state index contributed by atoms with van der Waals surface area (Å²) in [7, 11) is 1.79. The average Bonchev–Trinajstić information content (AvgIpc) is 1.65. The Morgan fingerprint density at radius 2 is 2.38 bits per heavy atom. The first-order valence-electron chi connectivity index (χ1n) is 2.43. The Bertz CT molecular complexity index is 82.5. The number of carbonyl (C=O) groups is 1. The summed E-state index contributed by atoms with van der Waals surface area (Å²) in [5.41, 5.74) is 4.86. The Hall–Kier alpha value is -0.570. The average molecular weight is 115 g/mol. The van der Waals surface area contributed by atoms with Crippen LogP contribution in [0, 0.1) is 6.92 Å². The number of hydrogen-bond acceptors (Lipinski definition) is 2. The van der Waals surface area contributed by atoms with E-state index in [2.05, 4.69) is 6.92 Å². The second-order valence-electron chi connectivity index (χ2n) is 1.70. The van der Waals surface area contributed by atoms with Gasteiger partial charge in [-0.3, -0.25) is 9.69 Å². The maximum Gasteiger partial charge on any atom is 0.231 e. The summed E-state index contributed by atoms with van der Waals surface area (Å²) in [5, 5.41) is 0. The minimum atomic E-state index is -0.309. The van der Waals surface area contributed by atoms with Gasteiger partial charge in [0.2, 0.25) is 5.91 Å². The van der Waals surface area contributed by atoms with Crippen molar-refractivity contribution in [1.82, 2.24) is 4.90 Å². The van der Waals surface area contributed by atoms with Crippen LogP contribution in [0.4, 0.5) is 0 Å². The molecule has 0 aromatic heterocycles. The second-order valence-corrected chi connectivity index (χ2v) is 1.70. The maximum absolute atomic E-state index is 10.1. The highest BCUT2D eigenvalue weighted by Crippen LogP contribution is 1.75. The van der Waals surface area contributed by atoms with Gasteiger partial charge in [-0.2, -0.15) is 0 Å². The van der Waals surface area contributed by atoms with E-state index in [0.29, 0.717) is 13.1 Å². The van der Waals surface area contributed by atoms with Gasteiger partial charge in [0.05, 0.1) is 6.54 Å². The quantitative estimate of drug-likeness (QED) is 0.525. The third-order valence-electron chi connectivity index (χ3n) is 0.807. The van der Waals surface area contributed by atoms with E-state index < -0.39 is 0 Å². The molecule has 0 rings (SSSR count). The summed E-state index contributed by atoms with van der Waals surface area (Å²) in [5.74, 6) is -0.309. The molecule has 0 bridgehead atoms. The van der Waals surface area contributed by atoms with Crippen LogP contribution >= 0.6 is 0 Å². The van der Waals surface area contributed by atoms with Crippen molar-refractivity contribution in [2.75, 3.05) is 20.1 Å². The minimum absolute atomic E-state index is 0.295. The van der Waals surface area contributed by atoms with Crippen molar-refractivity contribution >= 4 is 5.91 Å². The van der Waals surface area contributed by atoms with E-state index in [1.807, 2.05) is 0 Å². The lowest BCUT2D eigenvalue weighted by atomic mass is 10.5. The van der Waals surface area contributed by atoms with E-state index in [1.165, 1.54) is 0 Å². The number of amides is 1. The Morgan fingerprint density at radius 1 is 1.88 bits per heavy atom. The highest BCUT2D eigenvalue weighted by molar-refractivity contribution is 5.75. The number of primary amides is 1. The summed E-state index contributed by atoms with van der Waals surface area (Å²) < 4.78 is 0. The Balaban J connectivity index is 3.24. The Labute approximate surface area is 49.5 Å². The largest absolute Gasteiger partial charge is 0.369 e. The zero-order valence-electron chi connectivity index (χ0n) is 5.05. The van der Waals surface area contributed by atoms with E-state index >= 15 is 0 Å².